The Kier molecular flexibility index (Phi) is 7.85. The van der Waals surface area contributed by atoms with Gasteiger partial charge in [0.15, 0.2) is 0 Å². The largest absolute Gasteiger partial charge is 0.311 e. The molecular weight excluding hydrogens is 653 g/mol. The minimum atomic E-state index is 1.11. The van der Waals surface area contributed by atoms with Crippen molar-refractivity contribution in [3.05, 3.63) is 218 Å². The molecule has 254 valence electrons. The summed E-state index contributed by atoms with van der Waals surface area (Å²) in [6.45, 7) is 0. The highest BCUT2D eigenvalue weighted by atomic mass is 15.1. The number of benzene rings is 9. The van der Waals surface area contributed by atoms with Gasteiger partial charge in [-0.1, -0.05) is 140 Å². The molecule has 0 N–H and O–H groups in total. The van der Waals surface area contributed by atoms with Crippen LogP contribution in [-0.4, -0.2) is 4.57 Å². The smallest absolute Gasteiger partial charge is 0.0541 e. The third-order valence-electron chi connectivity index (χ3n) is 10.6. The van der Waals surface area contributed by atoms with E-state index in [2.05, 4.69) is 228 Å². The van der Waals surface area contributed by atoms with Gasteiger partial charge in [-0.05, 0) is 123 Å². The van der Waals surface area contributed by atoms with Crippen LogP contribution in [0.1, 0.15) is 0 Å². The van der Waals surface area contributed by atoms with Crippen LogP contribution < -0.4 is 4.90 Å². The lowest BCUT2D eigenvalue weighted by Crippen LogP contribution is -2.09. The second-order valence-corrected chi connectivity index (χ2v) is 13.8. The van der Waals surface area contributed by atoms with E-state index in [1.54, 1.807) is 0 Å². The Labute approximate surface area is 315 Å². The summed E-state index contributed by atoms with van der Waals surface area (Å²) in [5, 5.41) is 5.00. The number of hydrogen-bond acceptors (Lipinski definition) is 1. The number of rotatable bonds is 7. The predicted octanol–water partition coefficient (Wildman–Crippen LogP) is 14.4. The van der Waals surface area contributed by atoms with E-state index >= 15 is 0 Å². The van der Waals surface area contributed by atoms with Gasteiger partial charge in [0.05, 0.1) is 11.0 Å². The third-order valence-corrected chi connectivity index (χ3v) is 10.6. The first-order valence-electron chi connectivity index (χ1n) is 18.5. The molecule has 0 fully saturated rings. The number of hydrogen-bond donors (Lipinski definition) is 0. The molecule has 0 saturated heterocycles. The number of nitrogens with zero attached hydrogens (tertiary/aromatic N) is 2. The van der Waals surface area contributed by atoms with Gasteiger partial charge in [-0.25, -0.2) is 0 Å². The zero-order valence-corrected chi connectivity index (χ0v) is 29.7. The monoisotopic (exact) mass is 688 g/mol. The van der Waals surface area contributed by atoms with Crippen LogP contribution >= 0.6 is 0 Å². The summed E-state index contributed by atoms with van der Waals surface area (Å²) in [5.41, 5.74) is 14.2. The van der Waals surface area contributed by atoms with E-state index in [-0.39, 0.29) is 0 Å². The SMILES string of the molecule is c1ccc(-c2cc3ccccc3cc2-c2ccc(N(c3ccccc3)c3ccc(-c4ccc5c(c4)c4ccccc4n5-c4ccccc4)cc3)cc2)cc1. The topological polar surface area (TPSA) is 8.17 Å². The fourth-order valence-electron chi connectivity index (χ4n) is 7.96. The van der Waals surface area contributed by atoms with Crippen molar-refractivity contribution in [3.8, 4) is 39.1 Å². The van der Waals surface area contributed by atoms with Gasteiger partial charge in [-0.15, -0.1) is 0 Å². The summed E-state index contributed by atoms with van der Waals surface area (Å²) in [5.74, 6) is 0. The zero-order chi connectivity index (χ0) is 35.8. The molecule has 10 aromatic rings. The van der Waals surface area contributed by atoms with Gasteiger partial charge in [0.25, 0.3) is 0 Å². The summed E-state index contributed by atoms with van der Waals surface area (Å²) in [6, 6.07) is 78.8. The van der Waals surface area contributed by atoms with Gasteiger partial charge in [-0.2, -0.15) is 0 Å². The summed E-state index contributed by atoms with van der Waals surface area (Å²) < 4.78 is 2.36. The van der Waals surface area contributed by atoms with E-state index < -0.39 is 0 Å². The van der Waals surface area contributed by atoms with Crippen molar-refractivity contribution >= 4 is 49.6 Å². The van der Waals surface area contributed by atoms with Crippen molar-refractivity contribution in [3.63, 3.8) is 0 Å². The predicted molar refractivity (Wildman–Crippen MR) is 229 cm³/mol. The fraction of sp³-hybridized carbons (Fsp3) is 0. The van der Waals surface area contributed by atoms with E-state index in [0.29, 0.717) is 0 Å². The van der Waals surface area contributed by atoms with Crippen molar-refractivity contribution in [1.82, 2.24) is 4.57 Å². The maximum Gasteiger partial charge on any atom is 0.0541 e. The van der Waals surface area contributed by atoms with E-state index in [1.165, 1.54) is 71.6 Å². The van der Waals surface area contributed by atoms with Gasteiger partial charge in [-0.3, -0.25) is 0 Å². The number of anilines is 3. The molecule has 10 rings (SSSR count). The third kappa shape index (κ3) is 5.62. The Morgan fingerprint density at radius 3 is 1.41 bits per heavy atom. The highest BCUT2D eigenvalue weighted by Gasteiger charge is 2.16. The molecule has 0 unspecified atom stereocenters. The molecule has 2 nitrogen and oxygen atoms in total. The van der Waals surface area contributed by atoms with Crippen LogP contribution in [0.5, 0.6) is 0 Å². The second-order valence-electron chi connectivity index (χ2n) is 13.8. The Hall–Kier alpha value is -7.16. The second kappa shape index (κ2) is 13.4. The Morgan fingerprint density at radius 2 is 0.759 bits per heavy atom. The first-order valence-corrected chi connectivity index (χ1v) is 18.5. The highest BCUT2D eigenvalue weighted by molar-refractivity contribution is 6.10. The molecule has 0 aliphatic heterocycles. The standard InChI is InChI=1S/C52H36N2/c1-4-14-38(15-5-1)48-34-40-16-10-11-17-41(40)35-49(48)39-26-31-46(32-27-39)53(43-18-6-2-7-19-43)45-29-24-37(25-30-45)42-28-33-52-50(36-42)47-22-12-13-23-51(47)54(52)44-20-8-3-9-21-44/h1-36H. The van der Waals surface area contributed by atoms with Crippen molar-refractivity contribution in [2.75, 3.05) is 4.90 Å². The molecule has 1 heterocycles. The zero-order valence-electron chi connectivity index (χ0n) is 29.7. The van der Waals surface area contributed by atoms with Crippen LogP contribution in [0.2, 0.25) is 0 Å². The maximum absolute atomic E-state index is 2.36. The lowest BCUT2D eigenvalue weighted by atomic mass is 9.91. The molecule has 0 spiro atoms. The van der Waals surface area contributed by atoms with Crippen LogP contribution in [-0.2, 0) is 0 Å². The molecular formula is C52H36N2. The molecule has 9 aromatic carbocycles. The average Bonchev–Trinajstić information content (AvgIpc) is 3.58. The fourth-order valence-corrected chi connectivity index (χ4v) is 7.96. The van der Waals surface area contributed by atoms with Crippen LogP contribution in [0.15, 0.2) is 218 Å². The molecule has 54 heavy (non-hydrogen) atoms. The molecule has 1 aromatic heterocycles. The molecule has 0 aliphatic carbocycles. The van der Waals surface area contributed by atoms with Crippen molar-refractivity contribution in [2.24, 2.45) is 0 Å². The molecule has 0 atom stereocenters. The van der Waals surface area contributed by atoms with E-state index in [0.717, 1.165) is 17.1 Å². The lowest BCUT2D eigenvalue weighted by molar-refractivity contribution is 1.18. The average molecular weight is 689 g/mol. The van der Waals surface area contributed by atoms with Gasteiger partial charge >= 0.3 is 0 Å². The van der Waals surface area contributed by atoms with Crippen LogP contribution in [0.3, 0.4) is 0 Å². The number of aromatic nitrogens is 1. The molecule has 0 amide bonds. The Bertz CT molecular complexity index is 2890. The van der Waals surface area contributed by atoms with Crippen molar-refractivity contribution in [1.29, 1.82) is 0 Å². The van der Waals surface area contributed by atoms with Crippen molar-refractivity contribution in [2.45, 2.75) is 0 Å². The van der Waals surface area contributed by atoms with Gasteiger partial charge < -0.3 is 9.47 Å². The Morgan fingerprint density at radius 1 is 0.296 bits per heavy atom. The molecule has 0 aliphatic rings. The van der Waals surface area contributed by atoms with Crippen molar-refractivity contribution < 1.29 is 0 Å². The summed E-state index contributed by atoms with van der Waals surface area (Å²) in [4.78, 5) is 2.34. The summed E-state index contributed by atoms with van der Waals surface area (Å²) >= 11 is 0. The lowest BCUT2D eigenvalue weighted by Gasteiger charge is -2.26. The molecule has 0 saturated carbocycles. The van der Waals surface area contributed by atoms with Crippen LogP contribution in [0.25, 0.3) is 71.6 Å². The maximum atomic E-state index is 2.36. The minimum Gasteiger partial charge on any atom is -0.311 e. The quantitative estimate of drug-likeness (QED) is 0.162. The van der Waals surface area contributed by atoms with Gasteiger partial charge in [0.1, 0.15) is 0 Å². The molecule has 2 heteroatoms. The minimum absolute atomic E-state index is 1.11. The molecule has 0 bridgehead atoms. The first kappa shape index (κ1) is 31.6. The normalized spacial score (nSPS) is 11.3. The van der Waals surface area contributed by atoms with Crippen LogP contribution in [0.4, 0.5) is 17.1 Å². The first-order chi connectivity index (χ1) is 26.8. The highest BCUT2D eigenvalue weighted by Crippen LogP contribution is 2.40. The van der Waals surface area contributed by atoms with Gasteiger partial charge in [0.2, 0.25) is 0 Å². The summed E-state index contributed by atoms with van der Waals surface area (Å²) in [7, 11) is 0. The Balaban J connectivity index is 1.03. The van der Waals surface area contributed by atoms with E-state index in [4.69, 9.17) is 0 Å². The summed E-state index contributed by atoms with van der Waals surface area (Å²) in [6.07, 6.45) is 0. The number of fused-ring (bicyclic) bond motifs is 4. The van der Waals surface area contributed by atoms with E-state index in [1.807, 2.05) is 0 Å². The van der Waals surface area contributed by atoms with Crippen LogP contribution in [0, 0.1) is 0 Å². The number of para-hydroxylation sites is 3. The van der Waals surface area contributed by atoms with Gasteiger partial charge in [0, 0.05) is 33.5 Å². The van der Waals surface area contributed by atoms with E-state index in [9.17, 15) is 0 Å². The molecule has 0 radical (unpaired) electrons.